The van der Waals surface area contributed by atoms with E-state index in [0.717, 1.165) is 11.6 Å². The normalized spacial score (nSPS) is 23.8. The lowest BCUT2D eigenvalue weighted by atomic mass is 9.88. The molecule has 0 saturated carbocycles. The van der Waals surface area contributed by atoms with Crippen molar-refractivity contribution in [2.45, 2.75) is 50.9 Å². The van der Waals surface area contributed by atoms with Crippen LogP contribution in [0.4, 0.5) is 5.69 Å². The van der Waals surface area contributed by atoms with Crippen LogP contribution in [0.1, 0.15) is 56.4 Å². The number of amides is 2. The molecule has 0 radical (unpaired) electrons. The Bertz CT molecular complexity index is 643. The van der Waals surface area contributed by atoms with Crippen molar-refractivity contribution < 1.29 is 9.59 Å². The summed E-state index contributed by atoms with van der Waals surface area (Å²) in [5.74, 6) is 1.33. The first-order valence-electron chi connectivity index (χ1n) is 10.6. The standard InChI is InChI=1S/C22H31N3O2/c26-21-2-1-3-22(27)25(21)20-6-4-18(5-7-20)19-10-14-24(15-11-19)16-17-8-12-23-13-9-17/h4-7,17,19,23H,1-3,8-16H2. The van der Waals surface area contributed by atoms with Crippen molar-refractivity contribution in [1.29, 1.82) is 0 Å². The third-order valence-electron chi connectivity index (χ3n) is 6.47. The Morgan fingerprint density at radius 1 is 0.889 bits per heavy atom. The predicted octanol–water partition coefficient (Wildman–Crippen LogP) is 2.91. The number of nitrogens with one attached hydrogen (secondary N) is 1. The minimum Gasteiger partial charge on any atom is -0.317 e. The molecule has 0 aliphatic carbocycles. The van der Waals surface area contributed by atoms with Gasteiger partial charge in [0, 0.05) is 19.4 Å². The highest BCUT2D eigenvalue weighted by Gasteiger charge is 2.28. The second-order valence-electron chi connectivity index (χ2n) is 8.34. The average molecular weight is 370 g/mol. The zero-order valence-corrected chi connectivity index (χ0v) is 16.2. The van der Waals surface area contributed by atoms with Gasteiger partial charge in [-0.15, -0.1) is 0 Å². The number of carbonyl (C=O) groups is 2. The summed E-state index contributed by atoms with van der Waals surface area (Å²) >= 11 is 0. The molecule has 0 atom stereocenters. The molecule has 0 bridgehead atoms. The fourth-order valence-electron chi connectivity index (χ4n) is 4.82. The first-order chi connectivity index (χ1) is 13.2. The molecule has 1 aromatic carbocycles. The first kappa shape index (κ1) is 18.6. The average Bonchev–Trinajstić information content (AvgIpc) is 2.70. The van der Waals surface area contributed by atoms with Crippen LogP contribution in [-0.2, 0) is 9.59 Å². The van der Waals surface area contributed by atoms with Gasteiger partial charge in [-0.1, -0.05) is 12.1 Å². The maximum Gasteiger partial charge on any atom is 0.233 e. The van der Waals surface area contributed by atoms with Gasteiger partial charge in [-0.2, -0.15) is 0 Å². The van der Waals surface area contributed by atoms with Crippen LogP contribution in [0.25, 0.3) is 0 Å². The van der Waals surface area contributed by atoms with E-state index in [1.54, 1.807) is 0 Å². The Labute approximate surface area is 162 Å². The molecule has 0 unspecified atom stereocenters. The second kappa shape index (κ2) is 8.53. The third-order valence-corrected chi connectivity index (χ3v) is 6.47. The number of nitrogens with zero attached hydrogens (tertiary/aromatic N) is 2. The van der Waals surface area contributed by atoms with Gasteiger partial charge in [-0.3, -0.25) is 14.5 Å². The number of likely N-dealkylation sites (tertiary alicyclic amines) is 1. The highest BCUT2D eigenvalue weighted by Crippen LogP contribution is 2.31. The van der Waals surface area contributed by atoms with Crippen LogP contribution in [0.5, 0.6) is 0 Å². The summed E-state index contributed by atoms with van der Waals surface area (Å²) in [7, 11) is 0. The van der Waals surface area contributed by atoms with Crippen LogP contribution < -0.4 is 10.2 Å². The van der Waals surface area contributed by atoms with Crippen molar-refractivity contribution in [2.75, 3.05) is 37.6 Å². The number of benzene rings is 1. The lowest BCUT2D eigenvalue weighted by Gasteiger charge is -2.35. The highest BCUT2D eigenvalue weighted by molar-refractivity contribution is 6.16. The Hall–Kier alpha value is -1.72. The molecular formula is C22H31N3O2. The number of carbonyl (C=O) groups excluding carboxylic acids is 2. The fourth-order valence-corrected chi connectivity index (χ4v) is 4.82. The molecular weight excluding hydrogens is 338 g/mol. The number of rotatable bonds is 4. The van der Waals surface area contributed by atoms with E-state index in [9.17, 15) is 9.59 Å². The van der Waals surface area contributed by atoms with Gasteiger partial charge in [0.15, 0.2) is 0 Å². The van der Waals surface area contributed by atoms with Crippen LogP contribution >= 0.6 is 0 Å². The Balaban J connectivity index is 1.32. The van der Waals surface area contributed by atoms with Gasteiger partial charge in [0.2, 0.25) is 11.8 Å². The molecule has 3 fully saturated rings. The minimum atomic E-state index is -0.0646. The van der Waals surface area contributed by atoms with Gasteiger partial charge in [-0.05, 0) is 87.8 Å². The molecule has 4 rings (SSSR count). The molecule has 1 N–H and O–H groups in total. The Morgan fingerprint density at radius 2 is 1.52 bits per heavy atom. The second-order valence-corrected chi connectivity index (χ2v) is 8.34. The summed E-state index contributed by atoms with van der Waals surface area (Å²) < 4.78 is 0. The van der Waals surface area contributed by atoms with Gasteiger partial charge in [0.25, 0.3) is 0 Å². The molecule has 3 saturated heterocycles. The summed E-state index contributed by atoms with van der Waals surface area (Å²) in [6.45, 7) is 5.97. The van der Waals surface area contributed by atoms with Gasteiger partial charge >= 0.3 is 0 Å². The topological polar surface area (TPSA) is 52.7 Å². The van der Waals surface area contributed by atoms with Crippen LogP contribution in [0, 0.1) is 5.92 Å². The predicted molar refractivity (Wildman–Crippen MR) is 107 cm³/mol. The molecule has 27 heavy (non-hydrogen) atoms. The van der Waals surface area contributed by atoms with E-state index in [1.165, 1.54) is 68.9 Å². The van der Waals surface area contributed by atoms with Crippen LogP contribution in [0.2, 0.25) is 0 Å². The Morgan fingerprint density at radius 3 is 2.15 bits per heavy atom. The van der Waals surface area contributed by atoms with Crippen molar-refractivity contribution in [2.24, 2.45) is 5.92 Å². The quantitative estimate of drug-likeness (QED) is 0.829. The number of imide groups is 1. The first-order valence-corrected chi connectivity index (χ1v) is 10.6. The van der Waals surface area contributed by atoms with E-state index < -0.39 is 0 Å². The maximum atomic E-state index is 12.1. The van der Waals surface area contributed by atoms with Crippen LogP contribution in [0.15, 0.2) is 24.3 Å². The number of hydrogen-bond acceptors (Lipinski definition) is 4. The lowest BCUT2D eigenvalue weighted by molar-refractivity contribution is -0.129. The zero-order valence-electron chi connectivity index (χ0n) is 16.2. The van der Waals surface area contributed by atoms with Gasteiger partial charge < -0.3 is 10.2 Å². The molecule has 5 nitrogen and oxygen atoms in total. The lowest BCUT2D eigenvalue weighted by Crippen LogP contribution is -2.40. The van der Waals surface area contributed by atoms with Crippen LogP contribution in [0.3, 0.4) is 0 Å². The molecule has 1 aromatic rings. The molecule has 0 aromatic heterocycles. The van der Waals surface area contributed by atoms with Crippen molar-refractivity contribution in [3.8, 4) is 0 Å². The highest BCUT2D eigenvalue weighted by atomic mass is 16.2. The molecule has 3 heterocycles. The van der Waals surface area contributed by atoms with Crippen molar-refractivity contribution in [1.82, 2.24) is 10.2 Å². The fraction of sp³-hybridized carbons (Fsp3) is 0.636. The Kier molecular flexibility index (Phi) is 5.89. The van der Waals surface area contributed by atoms with E-state index >= 15 is 0 Å². The summed E-state index contributed by atoms with van der Waals surface area (Å²) in [5, 5.41) is 3.45. The number of anilines is 1. The third kappa shape index (κ3) is 4.41. The summed E-state index contributed by atoms with van der Waals surface area (Å²) in [6.07, 6.45) is 6.66. The van der Waals surface area contributed by atoms with E-state index in [0.29, 0.717) is 25.2 Å². The van der Waals surface area contributed by atoms with Gasteiger partial charge in [0.1, 0.15) is 0 Å². The summed E-state index contributed by atoms with van der Waals surface area (Å²) in [6, 6.07) is 8.16. The summed E-state index contributed by atoms with van der Waals surface area (Å²) in [5.41, 5.74) is 2.08. The molecule has 3 aliphatic heterocycles. The SMILES string of the molecule is O=C1CCCC(=O)N1c1ccc(C2CCN(CC3CCNCC3)CC2)cc1. The van der Waals surface area contributed by atoms with E-state index in [1.807, 2.05) is 12.1 Å². The number of hydrogen-bond donors (Lipinski definition) is 1. The number of piperidine rings is 3. The van der Waals surface area contributed by atoms with Crippen molar-refractivity contribution in [3.05, 3.63) is 29.8 Å². The van der Waals surface area contributed by atoms with Crippen LogP contribution in [-0.4, -0.2) is 49.4 Å². The van der Waals surface area contributed by atoms with E-state index in [-0.39, 0.29) is 11.8 Å². The van der Waals surface area contributed by atoms with Crippen molar-refractivity contribution in [3.63, 3.8) is 0 Å². The molecule has 2 amide bonds. The monoisotopic (exact) mass is 369 g/mol. The minimum absolute atomic E-state index is 0.0646. The smallest absolute Gasteiger partial charge is 0.233 e. The molecule has 3 aliphatic rings. The molecule has 5 heteroatoms. The van der Waals surface area contributed by atoms with Gasteiger partial charge in [-0.25, -0.2) is 0 Å². The molecule has 146 valence electrons. The maximum absolute atomic E-state index is 12.1. The van der Waals surface area contributed by atoms with E-state index in [4.69, 9.17) is 0 Å². The van der Waals surface area contributed by atoms with E-state index in [2.05, 4.69) is 22.3 Å². The largest absolute Gasteiger partial charge is 0.317 e. The van der Waals surface area contributed by atoms with Crippen molar-refractivity contribution >= 4 is 17.5 Å². The summed E-state index contributed by atoms with van der Waals surface area (Å²) in [4.78, 5) is 28.2. The molecule has 0 spiro atoms. The zero-order chi connectivity index (χ0) is 18.6. The van der Waals surface area contributed by atoms with Gasteiger partial charge in [0.05, 0.1) is 5.69 Å².